The molecule has 0 radical (unpaired) electrons. The second-order valence-corrected chi connectivity index (χ2v) is 7.58. The number of ketones is 1. The van der Waals surface area contributed by atoms with Gasteiger partial charge < -0.3 is 13.6 Å². The van der Waals surface area contributed by atoms with Crippen molar-refractivity contribution in [1.82, 2.24) is 0 Å². The van der Waals surface area contributed by atoms with E-state index in [1.165, 1.54) is 0 Å². The Labute approximate surface area is 155 Å². The van der Waals surface area contributed by atoms with E-state index in [0.717, 1.165) is 39.9 Å². The number of carbonyl (C=O) groups excluding carboxylic acids is 1. The predicted octanol–water partition coefficient (Wildman–Crippen LogP) is 5.19. The SMILES string of the molecule is O=C1CC[C@@H]2C[C@H]1OC2(c1cc2ccccc2o1)c1cc2ccccc2o1. The number of para-hydroxylation sites is 2. The van der Waals surface area contributed by atoms with Crippen molar-refractivity contribution in [2.75, 3.05) is 0 Å². The van der Waals surface area contributed by atoms with Crippen LogP contribution in [-0.4, -0.2) is 11.9 Å². The van der Waals surface area contributed by atoms with Crippen LogP contribution in [0.2, 0.25) is 0 Å². The summed E-state index contributed by atoms with van der Waals surface area (Å²) in [6.07, 6.45) is 1.67. The molecule has 2 aromatic heterocycles. The summed E-state index contributed by atoms with van der Waals surface area (Å²) in [5.74, 6) is 1.79. The van der Waals surface area contributed by atoms with E-state index in [0.29, 0.717) is 12.8 Å². The highest BCUT2D eigenvalue weighted by molar-refractivity contribution is 5.85. The zero-order valence-electron chi connectivity index (χ0n) is 14.7. The van der Waals surface area contributed by atoms with Gasteiger partial charge in [0, 0.05) is 23.1 Å². The van der Waals surface area contributed by atoms with Crippen LogP contribution in [0.15, 0.2) is 69.5 Å². The summed E-state index contributed by atoms with van der Waals surface area (Å²) in [6.45, 7) is 0. The zero-order chi connectivity index (χ0) is 18.0. The lowest BCUT2D eigenvalue weighted by molar-refractivity contribution is -0.133. The maximum absolute atomic E-state index is 12.4. The Kier molecular flexibility index (Phi) is 3.01. The van der Waals surface area contributed by atoms with Crippen LogP contribution in [0.3, 0.4) is 0 Å². The van der Waals surface area contributed by atoms with Crippen molar-refractivity contribution < 1.29 is 18.4 Å². The first kappa shape index (κ1) is 15.2. The molecule has 1 saturated heterocycles. The highest BCUT2D eigenvalue weighted by Gasteiger charge is 2.58. The molecule has 4 nitrogen and oxygen atoms in total. The molecule has 4 heteroatoms. The first-order chi connectivity index (χ1) is 13.2. The first-order valence-corrected chi connectivity index (χ1v) is 9.43. The predicted molar refractivity (Wildman–Crippen MR) is 100 cm³/mol. The number of fused-ring (bicyclic) bond motifs is 4. The van der Waals surface area contributed by atoms with Crippen LogP contribution in [0, 0.1) is 5.92 Å². The van der Waals surface area contributed by atoms with E-state index < -0.39 is 5.60 Å². The molecule has 0 amide bonds. The van der Waals surface area contributed by atoms with Gasteiger partial charge in [0.25, 0.3) is 0 Å². The molecule has 27 heavy (non-hydrogen) atoms. The number of hydrogen-bond acceptors (Lipinski definition) is 4. The van der Waals surface area contributed by atoms with Gasteiger partial charge in [0.15, 0.2) is 11.4 Å². The van der Waals surface area contributed by atoms with E-state index in [2.05, 4.69) is 0 Å². The molecule has 1 saturated carbocycles. The van der Waals surface area contributed by atoms with Crippen LogP contribution in [-0.2, 0) is 15.1 Å². The van der Waals surface area contributed by atoms with Gasteiger partial charge in [0.1, 0.15) is 28.8 Å². The average Bonchev–Trinajstić information content (AvgIpc) is 3.38. The maximum atomic E-state index is 12.4. The quantitative estimate of drug-likeness (QED) is 0.495. The van der Waals surface area contributed by atoms with E-state index in [1.54, 1.807) is 0 Å². The van der Waals surface area contributed by atoms with E-state index in [1.807, 2.05) is 60.7 Å². The molecule has 1 aliphatic heterocycles. The monoisotopic (exact) mass is 358 g/mol. The number of hydrogen-bond donors (Lipinski definition) is 0. The highest BCUT2D eigenvalue weighted by atomic mass is 16.5. The molecular formula is C23H18O4. The summed E-state index contributed by atoms with van der Waals surface area (Å²) in [7, 11) is 0. The molecule has 2 fully saturated rings. The number of benzene rings is 2. The van der Waals surface area contributed by atoms with E-state index in [4.69, 9.17) is 13.6 Å². The van der Waals surface area contributed by atoms with Crippen LogP contribution >= 0.6 is 0 Å². The molecular weight excluding hydrogens is 340 g/mol. The summed E-state index contributed by atoms with van der Waals surface area (Å²) < 4.78 is 19.0. The van der Waals surface area contributed by atoms with Gasteiger partial charge in [-0.3, -0.25) is 4.79 Å². The lowest BCUT2D eigenvalue weighted by Gasteiger charge is -2.29. The highest BCUT2D eigenvalue weighted by Crippen LogP contribution is 2.55. The maximum Gasteiger partial charge on any atom is 0.186 e. The molecule has 0 spiro atoms. The third-order valence-electron chi connectivity index (χ3n) is 6.08. The molecule has 0 N–H and O–H groups in total. The van der Waals surface area contributed by atoms with Crippen molar-refractivity contribution >= 4 is 27.7 Å². The molecule has 1 aliphatic carbocycles. The molecule has 6 rings (SSSR count). The molecule has 134 valence electrons. The fourth-order valence-electron chi connectivity index (χ4n) is 4.76. The number of Topliss-reactive ketones (excluding diaryl/α,β-unsaturated/α-hetero) is 1. The number of rotatable bonds is 2. The lowest BCUT2D eigenvalue weighted by atomic mass is 9.76. The largest absolute Gasteiger partial charge is 0.457 e. The normalized spacial score (nSPS) is 24.1. The Morgan fingerprint density at radius 3 is 2.00 bits per heavy atom. The molecule has 2 atom stereocenters. The van der Waals surface area contributed by atoms with Gasteiger partial charge >= 0.3 is 0 Å². The number of ether oxygens (including phenoxy) is 1. The van der Waals surface area contributed by atoms with Gasteiger partial charge in [0.05, 0.1) is 0 Å². The van der Waals surface area contributed by atoms with Crippen molar-refractivity contribution in [3.8, 4) is 0 Å². The Bertz CT molecular complexity index is 1040. The van der Waals surface area contributed by atoms with Crippen LogP contribution in [0.1, 0.15) is 30.8 Å². The molecule has 3 heterocycles. The van der Waals surface area contributed by atoms with Crippen molar-refractivity contribution in [3.05, 3.63) is 72.2 Å². The minimum Gasteiger partial charge on any atom is -0.457 e. The van der Waals surface area contributed by atoms with Gasteiger partial charge in [-0.05, 0) is 37.1 Å². The van der Waals surface area contributed by atoms with Crippen molar-refractivity contribution in [3.63, 3.8) is 0 Å². The zero-order valence-corrected chi connectivity index (χ0v) is 14.7. The first-order valence-electron chi connectivity index (χ1n) is 9.43. The molecule has 2 aromatic carbocycles. The number of furan rings is 2. The lowest BCUT2D eigenvalue weighted by Crippen LogP contribution is -2.32. The van der Waals surface area contributed by atoms with E-state index >= 15 is 0 Å². The Morgan fingerprint density at radius 2 is 1.44 bits per heavy atom. The molecule has 2 bridgehead atoms. The van der Waals surface area contributed by atoms with Gasteiger partial charge in [-0.1, -0.05) is 36.4 Å². The molecule has 2 aliphatic rings. The third-order valence-corrected chi connectivity index (χ3v) is 6.08. The van der Waals surface area contributed by atoms with Crippen molar-refractivity contribution in [1.29, 1.82) is 0 Å². The average molecular weight is 358 g/mol. The second-order valence-electron chi connectivity index (χ2n) is 7.58. The fraction of sp³-hybridized carbons (Fsp3) is 0.261. The fourth-order valence-corrected chi connectivity index (χ4v) is 4.76. The summed E-state index contributed by atoms with van der Waals surface area (Å²) in [5, 5.41) is 2.05. The van der Waals surface area contributed by atoms with Crippen molar-refractivity contribution in [2.45, 2.75) is 31.0 Å². The summed E-state index contributed by atoms with van der Waals surface area (Å²) in [4.78, 5) is 12.4. The Balaban J connectivity index is 1.62. The van der Waals surface area contributed by atoms with E-state index in [9.17, 15) is 4.79 Å². The number of carbonyl (C=O) groups is 1. The minimum absolute atomic E-state index is 0.154. The summed E-state index contributed by atoms with van der Waals surface area (Å²) in [6, 6.07) is 19.9. The Morgan fingerprint density at radius 1 is 0.852 bits per heavy atom. The minimum atomic E-state index is -0.852. The van der Waals surface area contributed by atoms with Gasteiger partial charge in [-0.25, -0.2) is 0 Å². The van der Waals surface area contributed by atoms with Gasteiger partial charge in [-0.2, -0.15) is 0 Å². The van der Waals surface area contributed by atoms with Gasteiger partial charge in [-0.15, -0.1) is 0 Å². The second kappa shape index (κ2) is 5.33. The smallest absolute Gasteiger partial charge is 0.186 e. The summed E-state index contributed by atoms with van der Waals surface area (Å²) >= 11 is 0. The standard InChI is InChI=1S/C23H18O4/c24-17-10-9-16-13-20(17)27-23(16,21-11-14-5-1-3-7-18(14)25-21)22-12-15-6-2-4-8-19(15)26-22/h1-8,11-12,16,20H,9-10,13H2/t16-,20-/m1/s1. The molecule has 0 unspecified atom stereocenters. The van der Waals surface area contributed by atoms with Crippen molar-refractivity contribution in [2.24, 2.45) is 5.92 Å². The topological polar surface area (TPSA) is 52.6 Å². The van der Waals surface area contributed by atoms with Crippen LogP contribution in [0.5, 0.6) is 0 Å². The van der Waals surface area contributed by atoms with E-state index in [-0.39, 0.29) is 17.8 Å². The summed E-state index contributed by atoms with van der Waals surface area (Å²) in [5.41, 5.74) is 0.785. The van der Waals surface area contributed by atoms with Crippen LogP contribution < -0.4 is 0 Å². The van der Waals surface area contributed by atoms with Crippen LogP contribution in [0.25, 0.3) is 21.9 Å². The van der Waals surface area contributed by atoms with Crippen LogP contribution in [0.4, 0.5) is 0 Å². The third kappa shape index (κ3) is 2.05. The molecule has 4 aromatic rings. The Hall–Kier alpha value is -2.85. The van der Waals surface area contributed by atoms with Gasteiger partial charge in [0.2, 0.25) is 0 Å².